The third-order valence-electron chi connectivity index (χ3n) is 2.47. The molecule has 0 saturated carbocycles. The second-order valence-corrected chi connectivity index (χ2v) is 3.41. The highest BCUT2D eigenvalue weighted by atomic mass is 16.5. The van der Waals surface area contributed by atoms with E-state index in [9.17, 15) is 4.79 Å². The summed E-state index contributed by atoms with van der Waals surface area (Å²) in [7, 11) is 1.63. The minimum atomic E-state index is -0.435. The smallest absolute Gasteiger partial charge is 0.411 e. The number of rotatable bonds is 3. The molecule has 0 fully saturated rings. The lowest BCUT2D eigenvalue weighted by atomic mass is 10.1. The van der Waals surface area contributed by atoms with E-state index in [1.807, 2.05) is 19.9 Å². The lowest BCUT2D eigenvalue weighted by Gasteiger charge is -2.13. The van der Waals surface area contributed by atoms with Crippen LogP contribution in [0.5, 0.6) is 5.75 Å². The van der Waals surface area contributed by atoms with Gasteiger partial charge in [-0.1, -0.05) is 0 Å². The number of anilines is 1. The summed E-state index contributed by atoms with van der Waals surface area (Å²) in [6.45, 7) is 6.01. The second-order valence-electron chi connectivity index (χ2n) is 3.41. The van der Waals surface area contributed by atoms with Crippen LogP contribution in [0.2, 0.25) is 0 Å². The van der Waals surface area contributed by atoms with Crippen molar-refractivity contribution in [2.75, 3.05) is 19.0 Å². The molecule has 1 amide bonds. The van der Waals surface area contributed by atoms with Crippen molar-refractivity contribution in [3.8, 4) is 5.75 Å². The molecular weight excluding hydrogens is 206 g/mol. The lowest BCUT2D eigenvalue weighted by Crippen LogP contribution is -2.14. The standard InChI is InChI=1S/C12H17NO3/c1-5-16-12(14)13-10-6-7-11(15-4)9(3)8(10)2/h6-7H,5H2,1-4H3,(H,13,14). The first-order valence-electron chi connectivity index (χ1n) is 5.18. The molecule has 16 heavy (non-hydrogen) atoms. The molecule has 1 aromatic rings. The predicted molar refractivity (Wildman–Crippen MR) is 63.1 cm³/mol. The quantitative estimate of drug-likeness (QED) is 0.857. The van der Waals surface area contributed by atoms with Crippen LogP contribution >= 0.6 is 0 Å². The number of hydrogen-bond donors (Lipinski definition) is 1. The minimum absolute atomic E-state index is 0.361. The zero-order chi connectivity index (χ0) is 12.1. The van der Waals surface area contributed by atoms with Gasteiger partial charge in [-0.25, -0.2) is 4.79 Å². The van der Waals surface area contributed by atoms with Crippen LogP contribution in [0.3, 0.4) is 0 Å². The average Bonchev–Trinajstić information content (AvgIpc) is 2.25. The molecule has 0 atom stereocenters. The summed E-state index contributed by atoms with van der Waals surface area (Å²) in [4.78, 5) is 11.3. The van der Waals surface area contributed by atoms with E-state index in [0.29, 0.717) is 6.61 Å². The molecular formula is C12H17NO3. The number of hydrogen-bond acceptors (Lipinski definition) is 3. The Bertz CT molecular complexity index is 388. The highest BCUT2D eigenvalue weighted by molar-refractivity contribution is 5.86. The number of nitrogens with one attached hydrogen (secondary N) is 1. The summed E-state index contributed by atoms with van der Waals surface area (Å²) in [6.07, 6.45) is -0.435. The Hall–Kier alpha value is -1.71. The third kappa shape index (κ3) is 2.66. The van der Waals surface area contributed by atoms with Crippen molar-refractivity contribution < 1.29 is 14.3 Å². The fraction of sp³-hybridized carbons (Fsp3) is 0.417. The summed E-state index contributed by atoms with van der Waals surface area (Å²) in [5.41, 5.74) is 2.74. The van der Waals surface area contributed by atoms with Crippen LogP contribution in [0.1, 0.15) is 18.1 Å². The van der Waals surface area contributed by atoms with E-state index in [4.69, 9.17) is 9.47 Å². The lowest BCUT2D eigenvalue weighted by molar-refractivity contribution is 0.168. The van der Waals surface area contributed by atoms with Crippen molar-refractivity contribution in [1.29, 1.82) is 0 Å². The monoisotopic (exact) mass is 223 g/mol. The fourth-order valence-electron chi connectivity index (χ4n) is 1.43. The second kappa shape index (κ2) is 5.39. The fourth-order valence-corrected chi connectivity index (χ4v) is 1.43. The minimum Gasteiger partial charge on any atom is -0.496 e. The maximum Gasteiger partial charge on any atom is 0.411 e. The predicted octanol–water partition coefficient (Wildman–Crippen LogP) is 2.88. The zero-order valence-electron chi connectivity index (χ0n) is 10.1. The van der Waals surface area contributed by atoms with Gasteiger partial charge in [0.25, 0.3) is 0 Å². The van der Waals surface area contributed by atoms with E-state index in [-0.39, 0.29) is 0 Å². The number of methoxy groups -OCH3 is 1. The first-order chi connectivity index (χ1) is 7.60. The molecule has 1 N–H and O–H groups in total. The Balaban J connectivity index is 2.90. The molecule has 1 aromatic carbocycles. The van der Waals surface area contributed by atoms with Crippen LogP contribution in [-0.2, 0) is 4.74 Å². The Morgan fingerprint density at radius 2 is 2.00 bits per heavy atom. The average molecular weight is 223 g/mol. The third-order valence-corrected chi connectivity index (χ3v) is 2.47. The zero-order valence-corrected chi connectivity index (χ0v) is 10.1. The summed E-state index contributed by atoms with van der Waals surface area (Å²) < 4.78 is 10.0. The molecule has 1 rings (SSSR count). The van der Waals surface area contributed by atoms with Crippen molar-refractivity contribution in [2.45, 2.75) is 20.8 Å². The SMILES string of the molecule is CCOC(=O)Nc1ccc(OC)c(C)c1C. The van der Waals surface area contributed by atoms with E-state index >= 15 is 0 Å². The van der Waals surface area contributed by atoms with Gasteiger partial charge in [0, 0.05) is 5.69 Å². The molecule has 0 radical (unpaired) electrons. The van der Waals surface area contributed by atoms with Gasteiger partial charge in [0.05, 0.1) is 13.7 Å². The van der Waals surface area contributed by atoms with Gasteiger partial charge in [0.15, 0.2) is 0 Å². The molecule has 0 heterocycles. The summed E-state index contributed by atoms with van der Waals surface area (Å²) in [5.74, 6) is 0.812. The van der Waals surface area contributed by atoms with Gasteiger partial charge in [-0.15, -0.1) is 0 Å². The molecule has 0 spiro atoms. The first kappa shape index (κ1) is 12.4. The summed E-state index contributed by atoms with van der Waals surface area (Å²) in [6, 6.07) is 3.63. The van der Waals surface area contributed by atoms with Crippen LogP contribution < -0.4 is 10.1 Å². The van der Waals surface area contributed by atoms with Crippen molar-refractivity contribution >= 4 is 11.8 Å². The van der Waals surface area contributed by atoms with E-state index < -0.39 is 6.09 Å². The Kier molecular flexibility index (Phi) is 4.17. The molecule has 0 aliphatic carbocycles. The highest BCUT2D eigenvalue weighted by Gasteiger charge is 2.09. The number of carbonyl (C=O) groups is 1. The molecule has 4 heteroatoms. The summed E-state index contributed by atoms with van der Waals surface area (Å²) in [5, 5.41) is 2.69. The van der Waals surface area contributed by atoms with E-state index in [2.05, 4.69) is 5.32 Å². The maximum absolute atomic E-state index is 11.3. The largest absolute Gasteiger partial charge is 0.496 e. The van der Waals surface area contributed by atoms with E-state index in [1.54, 1.807) is 20.1 Å². The van der Waals surface area contributed by atoms with Gasteiger partial charge in [-0.05, 0) is 44.0 Å². The van der Waals surface area contributed by atoms with E-state index in [0.717, 1.165) is 22.6 Å². The topological polar surface area (TPSA) is 47.6 Å². The number of benzene rings is 1. The normalized spacial score (nSPS) is 9.75. The van der Waals surface area contributed by atoms with Crippen LogP contribution in [0.25, 0.3) is 0 Å². The highest BCUT2D eigenvalue weighted by Crippen LogP contribution is 2.27. The Labute approximate surface area is 95.6 Å². The van der Waals surface area contributed by atoms with Gasteiger partial charge < -0.3 is 9.47 Å². The van der Waals surface area contributed by atoms with Crippen molar-refractivity contribution in [3.63, 3.8) is 0 Å². The molecule has 0 aliphatic heterocycles. The van der Waals surface area contributed by atoms with Crippen molar-refractivity contribution in [1.82, 2.24) is 0 Å². The molecule has 0 aromatic heterocycles. The van der Waals surface area contributed by atoms with Crippen LogP contribution in [0.4, 0.5) is 10.5 Å². The first-order valence-corrected chi connectivity index (χ1v) is 5.18. The number of amides is 1. The Morgan fingerprint density at radius 1 is 1.31 bits per heavy atom. The van der Waals surface area contributed by atoms with Gasteiger partial charge in [0.2, 0.25) is 0 Å². The summed E-state index contributed by atoms with van der Waals surface area (Å²) >= 11 is 0. The molecule has 0 unspecified atom stereocenters. The van der Waals surface area contributed by atoms with Gasteiger partial charge in [0.1, 0.15) is 5.75 Å². The molecule has 4 nitrogen and oxygen atoms in total. The van der Waals surface area contributed by atoms with Crippen molar-refractivity contribution in [3.05, 3.63) is 23.3 Å². The van der Waals surface area contributed by atoms with Gasteiger partial charge >= 0.3 is 6.09 Å². The number of ether oxygens (including phenoxy) is 2. The number of carbonyl (C=O) groups excluding carboxylic acids is 1. The van der Waals surface area contributed by atoms with Crippen LogP contribution in [0.15, 0.2) is 12.1 Å². The van der Waals surface area contributed by atoms with E-state index in [1.165, 1.54) is 0 Å². The van der Waals surface area contributed by atoms with Crippen LogP contribution in [-0.4, -0.2) is 19.8 Å². The Morgan fingerprint density at radius 3 is 2.56 bits per heavy atom. The molecule has 0 aliphatic rings. The van der Waals surface area contributed by atoms with Gasteiger partial charge in [-0.2, -0.15) is 0 Å². The maximum atomic E-state index is 11.3. The van der Waals surface area contributed by atoms with Crippen molar-refractivity contribution in [2.24, 2.45) is 0 Å². The van der Waals surface area contributed by atoms with Crippen LogP contribution in [0, 0.1) is 13.8 Å². The van der Waals surface area contributed by atoms with Gasteiger partial charge in [-0.3, -0.25) is 5.32 Å². The molecule has 88 valence electrons. The molecule has 0 saturated heterocycles. The molecule has 0 bridgehead atoms.